The normalized spacial score (nSPS) is 11.8. The van der Waals surface area contributed by atoms with Crippen LogP contribution in [0.25, 0.3) is 33.2 Å². The number of nitro groups is 1. The lowest BCUT2D eigenvalue weighted by molar-refractivity contribution is -0.384. The summed E-state index contributed by atoms with van der Waals surface area (Å²) in [5, 5.41) is 17.2. The molecule has 4 N–H and O–H groups in total. The van der Waals surface area contributed by atoms with Gasteiger partial charge in [0.1, 0.15) is 23.3 Å². The third kappa shape index (κ3) is 9.71. The van der Waals surface area contributed by atoms with Crippen LogP contribution in [0.4, 0.5) is 41.1 Å². The number of nitrogen functional groups attached to an aromatic ring is 1. The van der Waals surface area contributed by atoms with Gasteiger partial charge >= 0.3 is 12.1 Å². The maximum Gasteiger partial charge on any atom is 0.322 e. The van der Waals surface area contributed by atoms with Crippen LogP contribution in [0.5, 0.6) is 0 Å². The summed E-state index contributed by atoms with van der Waals surface area (Å²) in [6.45, 7) is 3.47. The Morgan fingerprint density at radius 3 is 1.45 bits per heavy atom. The average Bonchev–Trinajstić information content (AvgIpc) is 3.31. The number of aromatic nitrogens is 4. The van der Waals surface area contributed by atoms with Gasteiger partial charge in [0, 0.05) is 43.3 Å². The van der Waals surface area contributed by atoms with Gasteiger partial charge in [-0.25, -0.2) is 28.3 Å². The average molecular weight is 893 g/mol. The largest absolute Gasteiger partial charge is 0.399 e. The minimum absolute atomic E-state index is 0.158. The lowest BCUT2D eigenvalue weighted by Gasteiger charge is -2.27. The van der Waals surface area contributed by atoms with Gasteiger partial charge in [0.25, 0.3) is 16.8 Å². The van der Waals surface area contributed by atoms with Crippen molar-refractivity contribution in [2.24, 2.45) is 0 Å². The minimum Gasteiger partial charge on any atom is -0.399 e. The Bertz CT molecular complexity index is 3240. The maximum atomic E-state index is 13.5. The molecule has 2 aromatic heterocycles. The zero-order valence-electron chi connectivity index (χ0n) is 35.9. The van der Waals surface area contributed by atoms with Crippen molar-refractivity contribution in [1.82, 2.24) is 28.9 Å². The molecule has 0 bridgehead atoms. The van der Waals surface area contributed by atoms with E-state index in [2.05, 4.69) is 20.6 Å². The molecule has 0 aliphatic carbocycles. The molecule has 0 radical (unpaired) electrons. The number of rotatable bonds is 9. The van der Waals surface area contributed by atoms with E-state index < -0.39 is 40.7 Å². The number of nitrogens with one attached hydrogen (secondary N) is 2. The number of benzene rings is 6. The third-order valence-electron chi connectivity index (χ3n) is 10.8. The number of hydrogen-bond acceptors (Lipinski definition) is 9. The Balaban J connectivity index is 0.000000197. The van der Waals surface area contributed by atoms with Gasteiger partial charge in [-0.15, -0.1) is 0 Å². The first-order chi connectivity index (χ1) is 31.6. The number of nitrogens with two attached hydrogens (primary N) is 1. The van der Waals surface area contributed by atoms with Crippen molar-refractivity contribution < 1.29 is 23.3 Å². The Labute approximate surface area is 375 Å². The van der Waals surface area contributed by atoms with Gasteiger partial charge in [0.15, 0.2) is 0 Å². The molecular formula is C48H42F2N10O6. The first kappa shape index (κ1) is 45.2. The fraction of sp³-hybridized carbons (Fsp3) is 0.125. The summed E-state index contributed by atoms with van der Waals surface area (Å²) in [7, 11) is 3.14. The van der Waals surface area contributed by atoms with Gasteiger partial charge < -0.3 is 26.2 Å². The number of carbonyl (C=O) groups is 2. The SMILES string of the molecule is CC(c1nc2ccccc2c(=O)n1-c1ccc(F)cc1)N(C)C(=O)Nc1cccc(N)c1.CC(c1nc2ccccc2c(=O)n1-c1ccc(F)cc1)N(C)C(=O)Nc1cccc([N+](=O)[O-])c1. The number of hydrogen-bond donors (Lipinski definition) is 3. The van der Waals surface area contributed by atoms with Crippen LogP contribution in [0, 0.1) is 21.7 Å². The summed E-state index contributed by atoms with van der Waals surface area (Å²) in [5.74, 6) is -0.241. The number of anilines is 3. The van der Waals surface area contributed by atoms with E-state index >= 15 is 0 Å². The van der Waals surface area contributed by atoms with Crippen LogP contribution in [-0.4, -0.2) is 60.0 Å². The molecule has 2 atom stereocenters. The van der Waals surface area contributed by atoms with Gasteiger partial charge in [-0.2, -0.15) is 0 Å². The van der Waals surface area contributed by atoms with Gasteiger partial charge in [-0.3, -0.25) is 28.8 Å². The van der Waals surface area contributed by atoms with Gasteiger partial charge in [-0.05, 0) is 111 Å². The molecule has 4 amide bonds. The highest BCUT2D eigenvalue weighted by atomic mass is 19.1. The number of para-hydroxylation sites is 2. The Morgan fingerprint density at radius 2 is 1.03 bits per heavy atom. The number of carbonyl (C=O) groups excluding carboxylic acids is 2. The van der Waals surface area contributed by atoms with Crippen LogP contribution in [0.3, 0.4) is 0 Å². The molecule has 16 nitrogen and oxygen atoms in total. The highest BCUT2D eigenvalue weighted by Crippen LogP contribution is 2.26. The number of nitro benzene ring substituents is 1. The highest BCUT2D eigenvalue weighted by Gasteiger charge is 2.26. The van der Waals surface area contributed by atoms with Gasteiger partial charge in [0.2, 0.25) is 0 Å². The topological polar surface area (TPSA) is 204 Å². The van der Waals surface area contributed by atoms with Crippen LogP contribution in [0.2, 0.25) is 0 Å². The molecular weight excluding hydrogens is 851 g/mol. The summed E-state index contributed by atoms with van der Waals surface area (Å²) in [6.07, 6.45) is 0. The van der Waals surface area contributed by atoms with Crippen LogP contribution in [0.15, 0.2) is 155 Å². The molecule has 0 spiro atoms. The molecule has 8 rings (SSSR count). The number of amides is 4. The van der Waals surface area contributed by atoms with Crippen LogP contribution < -0.4 is 27.5 Å². The molecule has 0 aliphatic heterocycles. The lowest BCUT2D eigenvalue weighted by atomic mass is 10.2. The first-order valence-corrected chi connectivity index (χ1v) is 20.3. The van der Waals surface area contributed by atoms with E-state index in [0.29, 0.717) is 50.4 Å². The molecule has 0 saturated heterocycles. The second-order valence-electron chi connectivity index (χ2n) is 15.1. The highest BCUT2D eigenvalue weighted by molar-refractivity contribution is 5.90. The number of nitrogens with zero attached hydrogens (tertiary/aromatic N) is 7. The standard InChI is InChI=1S/C24H20FN5O4.C24H22FN5O2/c1-15(28(2)24(32)26-17-6-5-7-19(14-17)30(33)34)22-27-21-9-4-3-8-20(21)23(31)29(22)18-12-10-16(25)11-13-18;1-15(29(2)24(32)27-18-7-5-6-17(26)14-18)22-28-21-9-4-3-8-20(21)23(31)30(22)19-12-10-16(25)11-13-19/h3-15H,1-2H3,(H,26,32);3-15H,26H2,1-2H3,(H,27,32). The molecule has 0 fully saturated rings. The number of fused-ring (bicyclic) bond motifs is 2. The Kier molecular flexibility index (Phi) is 13.2. The smallest absolute Gasteiger partial charge is 0.322 e. The zero-order chi connectivity index (χ0) is 47.2. The first-order valence-electron chi connectivity index (χ1n) is 20.3. The molecule has 2 heterocycles. The summed E-state index contributed by atoms with van der Waals surface area (Å²) in [4.78, 5) is 75.1. The van der Waals surface area contributed by atoms with Gasteiger partial charge in [0.05, 0.1) is 50.2 Å². The number of urea groups is 2. The predicted octanol–water partition coefficient (Wildman–Crippen LogP) is 8.99. The molecule has 66 heavy (non-hydrogen) atoms. The fourth-order valence-corrected chi connectivity index (χ4v) is 6.97. The molecule has 18 heteroatoms. The van der Waals surface area contributed by atoms with Crippen molar-refractivity contribution in [1.29, 1.82) is 0 Å². The maximum absolute atomic E-state index is 13.5. The summed E-state index contributed by atoms with van der Waals surface area (Å²) in [5.41, 5.74) is 8.14. The summed E-state index contributed by atoms with van der Waals surface area (Å²) >= 11 is 0. The van der Waals surface area contributed by atoms with Crippen molar-refractivity contribution in [3.63, 3.8) is 0 Å². The monoisotopic (exact) mass is 892 g/mol. The Hall–Kier alpha value is -8.80. The minimum atomic E-state index is -0.693. The van der Waals surface area contributed by atoms with E-state index in [0.717, 1.165) is 0 Å². The van der Waals surface area contributed by atoms with Crippen LogP contribution in [-0.2, 0) is 0 Å². The Morgan fingerprint density at radius 1 is 0.621 bits per heavy atom. The van der Waals surface area contributed by atoms with E-state index in [1.54, 1.807) is 93.7 Å². The van der Waals surface area contributed by atoms with Crippen molar-refractivity contribution in [2.45, 2.75) is 25.9 Å². The summed E-state index contributed by atoms with van der Waals surface area (Å²) < 4.78 is 29.8. The quantitative estimate of drug-likeness (QED) is 0.0718. The van der Waals surface area contributed by atoms with E-state index in [1.807, 2.05) is 0 Å². The summed E-state index contributed by atoms with van der Waals surface area (Å²) in [6, 6.07) is 35.0. The van der Waals surface area contributed by atoms with E-state index in [1.165, 1.54) is 98.8 Å². The number of non-ortho nitro benzene ring substituents is 1. The van der Waals surface area contributed by atoms with Crippen molar-refractivity contribution in [3.05, 3.63) is 200 Å². The molecule has 334 valence electrons. The van der Waals surface area contributed by atoms with E-state index in [4.69, 9.17) is 5.73 Å². The fourth-order valence-electron chi connectivity index (χ4n) is 6.97. The second-order valence-corrected chi connectivity index (χ2v) is 15.1. The predicted molar refractivity (Wildman–Crippen MR) is 249 cm³/mol. The van der Waals surface area contributed by atoms with Crippen LogP contribution >= 0.6 is 0 Å². The van der Waals surface area contributed by atoms with E-state index in [9.17, 15) is 38.1 Å². The molecule has 2 unspecified atom stereocenters. The third-order valence-corrected chi connectivity index (χ3v) is 10.8. The van der Waals surface area contributed by atoms with Crippen molar-refractivity contribution in [2.75, 3.05) is 30.5 Å². The second kappa shape index (κ2) is 19.3. The molecule has 8 aromatic rings. The molecule has 6 aromatic carbocycles. The van der Waals surface area contributed by atoms with Crippen LogP contribution in [0.1, 0.15) is 37.6 Å². The zero-order valence-corrected chi connectivity index (χ0v) is 35.9. The van der Waals surface area contributed by atoms with Crippen molar-refractivity contribution in [3.8, 4) is 11.4 Å². The molecule has 0 aliphatic rings. The van der Waals surface area contributed by atoms with E-state index in [-0.39, 0.29) is 28.3 Å². The van der Waals surface area contributed by atoms with Gasteiger partial charge in [-0.1, -0.05) is 36.4 Å². The molecule has 0 saturated carbocycles. The number of halogens is 2. The lowest BCUT2D eigenvalue weighted by Crippen LogP contribution is -2.37. The van der Waals surface area contributed by atoms with Crippen molar-refractivity contribution >= 4 is 56.6 Å².